The molecule has 5 rings (SSSR count). The van der Waals surface area contributed by atoms with Crippen molar-refractivity contribution in [3.05, 3.63) is 60.4 Å². The first-order valence-electron chi connectivity index (χ1n) is 11.3. The minimum atomic E-state index is -0.727. The van der Waals surface area contributed by atoms with Crippen molar-refractivity contribution in [2.45, 2.75) is 38.2 Å². The number of nitrogens with one attached hydrogen (secondary N) is 1. The Morgan fingerprint density at radius 3 is 2.53 bits per heavy atom. The van der Waals surface area contributed by atoms with Crippen molar-refractivity contribution in [3.63, 3.8) is 0 Å². The third-order valence-electron chi connectivity index (χ3n) is 6.22. The summed E-state index contributed by atoms with van der Waals surface area (Å²) < 4.78 is 6.01. The Morgan fingerprint density at radius 1 is 1.06 bits per heavy atom. The number of aromatic nitrogens is 4. The van der Waals surface area contributed by atoms with Crippen LogP contribution in [0.15, 0.2) is 54.9 Å². The molecule has 0 bridgehead atoms. The Labute approximate surface area is 196 Å². The first kappa shape index (κ1) is 21.6. The molecule has 1 aromatic carbocycles. The van der Waals surface area contributed by atoms with Gasteiger partial charge in [0.25, 0.3) is 0 Å². The van der Waals surface area contributed by atoms with Crippen LogP contribution < -0.4 is 4.74 Å². The molecule has 0 saturated heterocycles. The van der Waals surface area contributed by atoms with Gasteiger partial charge >= 0.3 is 5.97 Å². The Morgan fingerprint density at radius 2 is 1.85 bits per heavy atom. The molecule has 0 spiro atoms. The van der Waals surface area contributed by atoms with Crippen LogP contribution >= 0.6 is 0 Å². The molecule has 4 aromatic rings. The second-order valence-electron chi connectivity index (χ2n) is 8.60. The SMILES string of the molecule is N#Cc1ccc2nc(-c3ccc(-c4ccc(O[C@H]5CC[C@@H](CC(=O)O)CC5)nc4)nc3)[nH]c2c1. The maximum Gasteiger partial charge on any atom is 0.303 e. The number of aromatic amines is 1. The van der Waals surface area contributed by atoms with E-state index >= 15 is 0 Å². The summed E-state index contributed by atoms with van der Waals surface area (Å²) in [6, 6.07) is 15.1. The number of H-pyrrole nitrogens is 1. The number of carbonyl (C=O) groups is 1. The largest absolute Gasteiger partial charge is 0.481 e. The average Bonchev–Trinajstić information content (AvgIpc) is 3.29. The molecule has 3 aromatic heterocycles. The average molecular weight is 454 g/mol. The van der Waals surface area contributed by atoms with Gasteiger partial charge < -0.3 is 14.8 Å². The van der Waals surface area contributed by atoms with E-state index in [1.165, 1.54) is 0 Å². The van der Waals surface area contributed by atoms with Gasteiger partial charge in [-0.05, 0) is 68.0 Å². The highest BCUT2D eigenvalue weighted by Gasteiger charge is 2.24. The van der Waals surface area contributed by atoms with Gasteiger partial charge in [0.15, 0.2) is 0 Å². The molecule has 1 saturated carbocycles. The molecule has 0 aliphatic heterocycles. The number of fused-ring (bicyclic) bond motifs is 1. The highest BCUT2D eigenvalue weighted by atomic mass is 16.5. The number of benzene rings is 1. The molecule has 0 unspecified atom stereocenters. The molecule has 8 heteroatoms. The zero-order valence-electron chi connectivity index (χ0n) is 18.4. The van der Waals surface area contributed by atoms with Gasteiger partial charge in [-0.25, -0.2) is 9.97 Å². The molecule has 1 aliphatic rings. The summed E-state index contributed by atoms with van der Waals surface area (Å²) in [5.74, 6) is 0.788. The van der Waals surface area contributed by atoms with E-state index in [0.29, 0.717) is 17.3 Å². The zero-order chi connectivity index (χ0) is 23.5. The third-order valence-corrected chi connectivity index (χ3v) is 6.22. The number of rotatable bonds is 6. The van der Waals surface area contributed by atoms with Gasteiger partial charge in [-0.15, -0.1) is 0 Å². The summed E-state index contributed by atoms with van der Waals surface area (Å²) in [6.07, 6.45) is 7.27. The summed E-state index contributed by atoms with van der Waals surface area (Å²) in [4.78, 5) is 27.7. The van der Waals surface area contributed by atoms with E-state index in [9.17, 15) is 4.79 Å². The summed E-state index contributed by atoms with van der Waals surface area (Å²) >= 11 is 0. The van der Waals surface area contributed by atoms with E-state index in [0.717, 1.165) is 53.5 Å². The molecular formula is C26H23N5O3. The second kappa shape index (κ2) is 9.32. The Kier molecular flexibility index (Phi) is 5.91. The first-order chi connectivity index (χ1) is 16.6. The minimum absolute atomic E-state index is 0.0776. The highest BCUT2D eigenvalue weighted by molar-refractivity contribution is 5.80. The molecule has 0 atom stereocenters. The number of aliphatic carboxylic acids is 1. The Balaban J connectivity index is 1.23. The van der Waals surface area contributed by atoms with Crippen LogP contribution in [0.2, 0.25) is 0 Å². The van der Waals surface area contributed by atoms with Gasteiger partial charge in [-0.2, -0.15) is 5.26 Å². The zero-order valence-corrected chi connectivity index (χ0v) is 18.4. The molecule has 0 radical (unpaired) electrons. The fourth-order valence-electron chi connectivity index (χ4n) is 4.39. The lowest BCUT2D eigenvalue weighted by Crippen LogP contribution is -2.25. The molecule has 1 fully saturated rings. The predicted molar refractivity (Wildman–Crippen MR) is 126 cm³/mol. The van der Waals surface area contributed by atoms with Crippen LogP contribution in [0.25, 0.3) is 33.7 Å². The maximum absolute atomic E-state index is 10.9. The van der Waals surface area contributed by atoms with Crippen LogP contribution in [0.3, 0.4) is 0 Å². The van der Waals surface area contributed by atoms with E-state index in [1.807, 2.05) is 30.3 Å². The van der Waals surface area contributed by atoms with Gasteiger partial charge in [0.1, 0.15) is 11.9 Å². The molecular weight excluding hydrogens is 430 g/mol. The van der Waals surface area contributed by atoms with Crippen LogP contribution in [0.5, 0.6) is 5.88 Å². The predicted octanol–water partition coefficient (Wildman–Crippen LogP) is 4.97. The molecule has 0 amide bonds. The third kappa shape index (κ3) is 4.74. The summed E-state index contributed by atoms with van der Waals surface area (Å²) in [5, 5.41) is 18.0. The molecule has 170 valence electrons. The van der Waals surface area contributed by atoms with Crippen molar-refractivity contribution in [1.82, 2.24) is 19.9 Å². The number of nitriles is 1. The normalized spacial score (nSPS) is 17.9. The fraction of sp³-hybridized carbons (Fsp3) is 0.269. The summed E-state index contributed by atoms with van der Waals surface area (Å²) in [7, 11) is 0. The number of hydrogen-bond acceptors (Lipinski definition) is 6. The minimum Gasteiger partial charge on any atom is -0.481 e. The quantitative estimate of drug-likeness (QED) is 0.422. The summed E-state index contributed by atoms with van der Waals surface area (Å²) in [6.45, 7) is 0. The number of ether oxygens (including phenoxy) is 1. The van der Waals surface area contributed by atoms with Crippen LogP contribution in [0.1, 0.15) is 37.7 Å². The standard InChI is InChI=1S/C26H23N5O3/c27-13-17-3-8-22-23(11-17)31-26(30-22)19-4-9-21(28-15-19)18-5-10-24(29-14-18)34-20-6-1-16(2-7-20)12-25(32)33/h3-5,8-11,14-16,20H,1-2,6-7,12H2,(H,30,31)(H,32,33)/t16-,20+. The van der Waals surface area contributed by atoms with Crippen molar-refractivity contribution < 1.29 is 14.6 Å². The van der Waals surface area contributed by atoms with Crippen molar-refractivity contribution >= 4 is 17.0 Å². The second-order valence-corrected chi connectivity index (χ2v) is 8.60. The van der Waals surface area contributed by atoms with E-state index in [4.69, 9.17) is 15.1 Å². The maximum atomic E-state index is 10.9. The number of hydrogen-bond donors (Lipinski definition) is 2. The summed E-state index contributed by atoms with van der Waals surface area (Å²) in [5.41, 5.74) is 4.72. The first-order valence-corrected chi connectivity index (χ1v) is 11.3. The van der Waals surface area contributed by atoms with Crippen molar-refractivity contribution in [2.75, 3.05) is 0 Å². The van der Waals surface area contributed by atoms with Crippen LogP contribution in [0, 0.1) is 17.2 Å². The van der Waals surface area contributed by atoms with Gasteiger partial charge in [0.05, 0.1) is 28.4 Å². The molecule has 1 aliphatic carbocycles. The Bertz CT molecular complexity index is 1350. The van der Waals surface area contributed by atoms with Crippen molar-refractivity contribution in [2.24, 2.45) is 5.92 Å². The van der Waals surface area contributed by atoms with Gasteiger partial charge in [-0.3, -0.25) is 9.78 Å². The molecule has 3 heterocycles. The number of nitrogens with zero attached hydrogens (tertiary/aromatic N) is 4. The van der Waals surface area contributed by atoms with Gasteiger partial charge in [0, 0.05) is 36.0 Å². The number of pyridine rings is 2. The molecule has 8 nitrogen and oxygen atoms in total. The fourth-order valence-corrected chi connectivity index (χ4v) is 4.39. The lowest BCUT2D eigenvalue weighted by Gasteiger charge is -2.27. The number of carboxylic acids is 1. The van der Waals surface area contributed by atoms with Crippen molar-refractivity contribution in [1.29, 1.82) is 5.26 Å². The highest BCUT2D eigenvalue weighted by Crippen LogP contribution is 2.30. The van der Waals surface area contributed by atoms with Crippen LogP contribution in [-0.4, -0.2) is 37.1 Å². The molecule has 34 heavy (non-hydrogen) atoms. The van der Waals surface area contributed by atoms with E-state index in [1.54, 1.807) is 24.5 Å². The van der Waals surface area contributed by atoms with E-state index in [2.05, 4.69) is 26.0 Å². The van der Waals surface area contributed by atoms with Crippen LogP contribution in [-0.2, 0) is 4.79 Å². The van der Waals surface area contributed by atoms with Crippen LogP contribution in [0.4, 0.5) is 0 Å². The van der Waals surface area contributed by atoms with E-state index < -0.39 is 5.97 Å². The van der Waals surface area contributed by atoms with Crippen molar-refractivity contribution in [3.8, 4) is 34.6 Å². The monoisotopic (exact) mass is 453 g/mol. The lowest BCUT2D eigenvalue weighted by molar-refractivity contribution is -0.138. The number of imidazole rings is 1. The van der Waals surface area contributed by atoms with E-state index in [-0.39, 0.29) is 18.4 Å². The van der Waals surface area contributed by atoms with Gasteiger partial charge in [0.2, 0.25) is 5.88 Å². The molecule has 2 N–H and O–H groups in total. The topological polar surface area (TPSA) is 125 Å². The number of carboxylic acid groups (broad SMARTS) is 1. The van der Waals surface area contributed by atoms with Gasteiger partial charge in [-0.1, -0.05) is 0 Å². The lowest BCUT2D eigenvalue weighted by atomic mass is 9.85. The smallest absolute Gasteiger partial charge is 0.303 e. The Hall–Kier alpha value is -4.25.